The lowest BCUT2D eigenvalue weighted by Gasteiger charge is -2.32. The number of amides is 1. The van der Waals surface area contributed by atoms with Crippen LogP contribution in [-0.2, 0) is 4.79 Å². The van der Waals surface area contributed by atoms with E-state index in [-0.39, 0.29) is 5.92 Å². The average Bonchev–Trinajstić information content (AvgIpc) is 3.30. The third-order valence-corrected chi connectivity index (χ3v) is 6.63. The summed E-state index contributed by atoms with van der Waals surface area (Å²) in [6.07, 6.45) is 10.7. The van der Waals surface area contributed by atoms with Gasteiger partial charge in [0.05, 0.1) is 5.92 Å². The van der Waals surface area contributed by atoms with Gasteiger partial charge in [0, 0.05) is 31.1 Å². The zero-order valence-corrected chi connectivity index (χ0v) is 17.3. The molecule has 2 aliphatic rings. The minimum absolute atomic E-state index is 0.102. The first-order valence-electron chi connectivity index (χ1n) is 11.2. The Bertz CT molecular complexity index is 1020. The van der Waals surface area contributed by atoms with Gasteiger partial charge in [-0.1, -0.05) is 43.5 Å². The Hall–Kier alpha value is -2.76. The molecular formula is C24H28N4O2. The number of benzene rings is 1. The van der Waals surface area contributed by atoms with E-state index in [2.05, 4.69) is 21.2 Å². The summed E-state index contributed by atoms with van der Waals surface area (Å²) in [5.74, 6) is 2.04. The van der Waals surface area contributed by atoms with E-state index in [4.69, 9.17) is 4.42 Å². The minimum Gasteiger partial charge on any atom is -0.419 e. The van der Waals surface area contributed by atoms with Crippen molar-refractivity contribution < 1.29 is 9.21 Å². The largest absolute Gasteiger partial charge is 0.419 e. The molecule has 156 valence electrons. The number of carbonyl (C=O) groups is 1. The molecule has 30 heavy (non-hydrogen) atoms. The second-order valence-corrected chi connectivity index (χ2v) is 8.71. The number of hydrogen-bond donors (Lipinski definition) is 0. The number of carbonyl (C=O) groups excluding carboxylic acids is 1. The molecular weight excluding hydrogens is 376 g/mol. The van der Waals surface area contributed by atoms with E-state index >= 15 is 0 Å². The maximum atomic E-state index is 12.9. The molecule has 0 N–H and O–H groups in total. The first kappa shape index (κ1) is 19.2. The second-order valence-electron chi connectivity index (χ2n) is 8.71. The fourth-order valence-corrected chi connectivity index (χ4v) is 4.96. The van der Waals surface area contributed by atoms with Crippen LogP contribution in [0.5, 0.6) is 0 Å². The number of fused-ring (bicyclic) bond motifs is 1. The van der Waals surface area contributed by atoms with Crippen molar-refractivity contribution in [2.24, 2.45) is 5.92 Å². The van der Waals surface area contributed by atoms with Crippen LogP contribution in [0.15, 0.2) is 40.9 Å². The highest BCUT2D eigenvalue weighted by Gasteiger charge is 2.30. The van der Waals surface area contributed by atoms with Gasteiger partial charge in [-0.15, -0.1) is 10.2 Å². The second kappa shape index (κ2) is 8.54. The molecule has 6 heteroatoms. The van der Waals surface area contributed by atoms with Crippen molar-refractivity contribution in [3.05, 3.63) is 42.4 Å². The lowest BCUT2D eigenvalue weighted by atomic mass is 9.86. The molecule has 0 radical (unpaired) electrons. The van der Waals surface area contributed by atoms with Crippen molar-refractivity contribution >= 4 is 16.7 Å². The molecule has 0 unspecified atom stereocenters. The normalized spacial score (nSPS) is 20.5. The highest BCUT2D eigenvalue weighted by Crippen LogP contribution is 2.32. The summed E-state index contributed by atoms with van der Waals surface area (Å²) < 4.78 is 6.07. The number of hydrogen-bond acceptors (Lipinski definition) is 5. The van der Waals surface area contributed by atoms with Crippen molar-refractivity contribution in [1.29, 1.82) is 0 Å². The molecule has 1 aliphatic heterocycles. The molecule has 2 fully saturated rings. The first-order valence-corrected chi connectivity index (χ1v) is 11.2. The molecule has 1 saturated heterocycles. The summed E-state index contributed by atoms with van der Waals surface area (Å²) in [6, 6.07) is 10.0. The van der Waals surface area contributed by atoms with Crippen molar-refractivity contribution in [2.75, 3.05) is 13.1 Å². The van der Waals surface area contributed by atoms with Crippen LogP contribution >= 0.6 is 0 Å². The highest BCUT2D eigenvalue weighted by atomic mass is 16.4. The lowest BCUT2D eigenvalue weighted by molar-refractivity contribution is -0.133. The number of rotatable bonds is 4. The fraction of sp³-hybridized carbons (Fsp3) is 0.500. The topological polar surface area (TPSA) is 72.1 Å². The molecule has 0 bridgehead atoms. The zero-order chi connectivity index (χ0) is 20.3. The molecule has 1 saturated carbocycles. The standard InChI is InChI=1S/C24H28N4O2/c29-21(15-17-7-2-1-3-8-17)28-14-6-10-19(16-28)23-26-27-24(30-23)22-20-11-5-4-9-18(20)12-13-25-22/h4-5,9,11-13,17,19H,1-3,6-8,10,14-16H2/t19-/m0/s1. The number of likely N-dealkylation sites (tertiary alicyclic amines) is 1. The maximum Gasteiger partial charge on any atom is 0.266 e. The van der Waals surface area contributed by atoms with Gasteiger partial charge in [-0.25, -0.2) is 0 Å². The Morgan fingerprint density at radius 1 is 1.03 bits per heavy atom. The molecule has 3 heterocycles. The SMILES string of the molecule is O=C(CC1CCCCC1)N1CCC[C@H](c2nnc(-c3nccc4ccccc34)o2)C1. The van der Waals surface area contributed by atoms with E-state index in [1.165, 1.54) is 32.1 Å². The predicted octanol–water partition coefficient (Wildman–Crippen LogP) is 4.96. The monoisotopic (exact) mass is 404 g/mol. The number of aromatic nitrogens is 3. The quantitative estimate of drug-likeness (QED) is 0.614. The van der Waals surface area contributed by atoms with E-state index in [0.29, 0.717) is 42.3 Å². The summed E-state index contributed by atoms with van der Waals surface area (Å²) in [7, 11) is 0. The minimum atomic E-state index is 0.102. The third-order valence-electron chi connectivity index (χ3n) is 6.63. The molecule has 5 rings (SSSR count). The summed E-state index contributed by atoms with van der Waals surface area (Å²) >= 11 is 0. The van der Waals surface area contributed by atoms with E-state index in [0.717, 1.165) is 30.2 Å². The van der Waals surface area contributed by atoms with Crippen LogP contribution < -0.4 is 0 Å². The summed E-state index contributed by atoms with van der Waals surface area (Å²) in [4.78, 5) is 19.4. The number of nitrogens with zero attached hydrogens (tertiary/aromatic N) is 4. The predicted molar refractivity (Wildman–Crippen MR) is 115 cm³/mol. The average molecular weight is 405 g/mol. The van der Waals surface area contributed by atoms with Crippen molar-refractivity contribution in [2.45, 2.75) is 57.3 Å². The molecule has 1 aliphatic carbocycles. The van der Waals surface area contributed by atoms with Crippen LogP contribution in [0.25, 0.3) is 22.4 Å². The molecule has 2 aromatic heterocycles. The molecule has 1 atom stereocenters. The number of piperidine rings is 1. The van der Waals surface area contributed by atoms with E-state index in [1.807, 2.05) is 29.2 Å². The maximum absolute atomic E-state index is 12.9. The van der Waals surface area contributed by atoms with Gasteiger partial charge in [0.2, 0.25) is 11.8 Å². The van der Waals surface area contributed by atoms with Gasteiger partial charge >= 0.3 is 0 Å². The van der Waals surface area contributed by atoms with Crippen LogP contribution in [0, 0.1) is 5.92 Å². The Balaban J connectivity index is 1.30. The summed E-state index contributed by atoms with van der Waals surface area (Å²) in [6.45, 7) is 1.52. The van der Waals surface area contributed by atoms with E-state index < -0.39 is 0 Å². The van der Waals surface area contributed by atoms with Gasteiger partial charge in [0.25, 0.3) is 5.89 Å². The van der Waals surface area contributed by atoms with Gasteiger partial charge in [-0.2, -0.15) is 0 Å². The van der Waals surface area contributed by atoms with Gasteiger partial charge in [0.1, 0.15) is 5.69 Å². The summed E-state index contributed by atoms with van der Waals surface area (Å²) in [5, 5.41) is 10.7. The molecule has 1 aromatic carbocycles. The Kier molecular flexibility index (Phi) is 5.47. The zero-order valence-electron chi connectivity index (χ0n) is 17.3. The van der Waals surface area contributed by atoms with E-state index in [9.17, 15) is 4.79 Å². The summed E-state index contributed by atoms with van der Waals surface area (Å²) in [5.41, 5.74) is 0.716. The van der Waals surface area contributed by atoms with Crippen LogP contribution in [0.3, 0.4) is 0 Å². The Labute approximate surface area is 176 Å². The smallest absolute Gasteiger partial charge is 0.266 e. The number of pyridine rings is 1. The Morgan fingerprint density at radius 3 is 2.80 bits per heavy atom. The van der Waals surface area contributed by atoms with Crippen molar-refractivity contribution in [1.82, 2.24) is 20.1 Å². The Morgan fingerprint density at radius 2 is 1.90 bits per heavy atom. The molecule has 6 nitrogen and oxygen atoms in total. The van der Waals surface area contributed by atoms with E-state index in [1.54, 1.807) is 6.20 Å². The highest BCUT2D eigenvalue weighted by molar-refractivity contribution is 5.92. The van der Waals surface area contributed by atoms with Crippen LogP contribution in [0.2, 0.25) is 0 Å². The van der Waals surface area contributed by atoms with Gasteiger partial charge in [-0.3, -0.25) is 9.78 Å². The molecule has 0 spiro atoms. The van der Waals surface area contributed by atoms with Crippen LogP contribution in [0.4, 0.5) is 0 Å². The van der Waals surface area contributed by atoms with Gasteiger partial charge in [-0.05, 0) is 43.1 Å². The first-order chi connectivity index (χ1) is 14.8. The fourth-order valence-electron chi connectivity index (χ4n) is 4.96. The third kappa shape index (κ3) is 3.95. The van der Waals surface area contributed by atoms with Crippen molar-refractivity contribution in [3.8, 4) is 11.6 Å². The lowest BCUT2D eigenvalue weighted by Crippen LogP contribution is -2.40. The molecule has 1 amide bonds. The van der Waals surface area contributed by atoms with Gasteiger partial charge < -0.3 is 9.32 Å². The van der Waals surface area contributed by atoms with Crippen LogP contribution in [0.1, 0.15) is 63.2 Å². The molecule has 3 aromatic rings. The van der Waals surface area contributed by atoms with Crippen molar-refractivity contribution in [3.63, 3.8) is 0 Å². The van der Waals surface area contributed by atoms with Gasteiger partial charge in [0.15, 0.2) is 0 Å². The van der Waals surface area contributed by atoms with Crippen LogP contribution in [-0.4, -0.2) is 39.1 Å².